The van der Waals surface area contributed by atoms with Crippen molar-refractivity contribution in [1.29, 1.82) is 0 Å². The molecule has 1 aliphatic rings. The summed E-state index contributed by atoms with van der Waals surface area (Å²) < 4.78 is 10.6. The lowest BCUT2D eigenvalue weighted by Gasteiger charge is -2.27. The largest absolute Gasteiger partial charge is 0.467 e. The first kappa shape index (κ1) is 14.9. The fourth-order valence-corrected chi connectivity index (χ4v) is 2.89. The standard InChI is InChI=1S/C17H19N5O2/c18-9-14-8-13(11-23-14)17-20-16(21-24-17)12-4-5-15(19-10-12)22-6-2-1-3-7-22/h4-5,8,10-11H,1-3,6-7,9,18H2. The molecule has 4 rings (SSSR count). The second kappa shape index (κ2) is 6.45. The molecule has 0 aromatic carbocycles. The van der Waals surface area contributed by atoms with Crippen molar-refractivity contribution in [3.8, 4) is 22.8 Å². The predicted molar refractivity (Wildman–Crippen MR) is 89.2 cm³/mol. The number of rotatable bonds is 4. The summed E-state index contributed by atoms with van der Waals surface area (Å²) in [5.41, 5.74) is 7.10. The Balaban J connectivity index is 1.53. The van der Waals surface area contributed by atoms with Crippen molar-refractivity contribution in [2.75, 3.05) is 18.0 Å². The number of furan rings is 1. The van der Waals surface area contributed by atoms with Crippen LogP contribution in [0.4, 0.5) is 5.82 Å². The van der Waals surface area contributed by atoms with Gasteiger partial charge in [0.15, 0.2) is 0 Å². The maximum Gasteiger partial charge on any atom is 0.261 e. The maximum absolute atomic E-state index is 5.54. The molecule has 0 radical (unpaired) electrons. The molecule has 1 saturated heterocycles. The average Bonchev–Trinajstić information content (AvgIpc) is 3.32. The van der Waals surface area contributed by atoms with E-state index in [0.29, 0.717) is 24.0 Å². The van der Waals surface area contributed by atoms with Gasteiger partial charge in [-0.15, -0.1) is 0 Å². The maximum atomic E-state index is 5.54. The molecule has 1 fully saturated rings. The number of nitrogens with zero attached hydrogens (tertiary/aromatic N) is 4. The zero-order valence-corrected chi connectivity index (χ0v) is 13.3. The van der Waals surface area contributed by atoms with Crippen molar-refractivity contribution in [3.05, 3.63) is 36.4 Å². The third kappa shape index (κ3) is 2.90. The highest BCUT2D eigenvalue weighted by Gasteiger charge is 2.15. The van der Waals surface area contributed by atoms with Crippen LogP contribution in [0.25, 0.3) is 22.8 Å². The van der Waals surface area contributed by atoms with Crippen LogP contribution in [0.15, 0.2) is 39.6 Å². The van der Waals surface area contributed by atoms with Crippen LogP contribution in [0.2, 0.25) is 0 Å². The van der Waals surface area contributed by atoms with Crippen LogP contribution in [0.5, 0.6) is 0 Å². The highest BCUT2D eigenvalue weighted by Crippen LogP contribution is 2.25. The lowest BCUT2D eigenvalue weighted by molar-refractivity contribution is 0.431. The summed E-state index contributed by atoms with van der Waals surface area (Å²) in [6.45, 7) is 2.48. The zero-order valence-electron chi connectivity index (χ0n) is 13.3. The molecule has 0 unspecified atom stereocenters. The van der Waals surface area contributed by atoms with Crippen LogP contribution in [0.3, 0.4) is 0 Å². The quantitative estimate of drug-likeness (QED) is 0.788. The molecule has 0 spiro atoms. The summed E-state index contributed by atoms with van der Waals surface area (Å²) in [6, 6.07) is 5.79. The van der Waals surface area contributed by atoms with Crippen molar-refractivity contribution in [1.82, 2.24) is 15.1 Å². The van der Waals surface area contributed by atoms with E-state index in [1.165, 1.54) is 19.3 Å². The predicted octanol–water partition coefficient (Wildman–Crippen LogP) is 2.84. The molecule has 3 aromatic heterocycles. The second-order valence-corrected chi connectivity index (χ2v) is 5.88. The Morgan fingerprint density at radius 2 is 2.00 bits per heavy atom. The molecule has 7 nitrogen and oxygen atoms in total. The molecule has 0 amide bonds. The van der Waals surface area contributed by atoms with Crippen LogP contribution in [0, 0.1) is 0 Å². The fraction of sp³-hybridized carbons (Fsp3) is 0.353. The van der Waals surface area contributed by atoms with E-state index in [1.807, 2.05) is 12.1 Å². The monoisotopic (exact) mass is 325 g/mol. The SMILES string of the molecule is NCc1cc(-c2nc(-c3ccc(N4CCCCC4)nc3)no2)co1. The van der Waals surface area contributed by atoms with Crippen LogP contribution in [0.1, 0.15) is 25.0 Å². The van der Waals surface area contributed by atoms with Gasteiger partial charge in [0.25, 0.3) is 5.89 Å². The van der Waals surface area contributed by atoms with Gasteiger partial charge in [0.05, 0.1) is 12.1 Å². The number of nitrogens with two attached hydrogens (primary N) is 1. The molecule has 0 aliphatic carbocycles. The number of piperidine rings is 1. The van der Waals surface area contributed by atoms with Crippen LogP contribution in [-0.2, 0) is 6.54 Å². The van der Waals surface area contributed by atoms with Gasteiger partial charge in [-0.05, 0) is 37.5 Å². The zero-order chi connectivity index (χ0) is 16.4. The van der Waals surface area contributed by atoms with Crippen LogP contribution in [-0.4, -0.2) is 28.2 Å². The van der Waals surface area contributed by atoms with Gasteiger partial charge in [0.2, 0.25) is 5.82 Å². The first-order chi connectivity index (χ1) is 11.8. The molecule has 0 saturated carbocycles. The molecule has 7 heteroatoms. The van der Waals surface area contributed by atoms with Crippen molar-refractivity contribution >= 4 is 5.82 Å². The Morgan fingerprint density at radius 3 is 2.71 bits per heavy atom. The molecule has 24 heavy (non-hydrogen) atoms. The molecule has 0 bridgehead atoms. The normalized spacial score (nSPS) is 15.0. The van der Waals surface area contributed by atoms with E-state index in [2.05, 4.69) is 20.0 Å². The number of anilines is 1. The van der Waals surface area contributed by atoms with E-state index in [4.69, 9.17) is 14.7 Å². The second-order valence-electron chi connectivity index (χ2n) is 5.88. The van der Waals surface area contributed by atoms with Gasteiger partial charge in [-0.1, -0.05) is 5.16 Å². The van der Waals surface area contributed by atoms with Crippen molar-refractivity contribution in [3.63, 3.8) is 0 Å². The van der Waals surface area contributed by atoms with Crippen LogP contribution >= 0.6 is 0 Å². The molecule has 1 aliphatic heterocycles. The summed E-state index contributed by atoms with van der Waals surface area (Å²) in [4.78, 5) is 11.3. The lowest BCUT2D eigenvalue weighted by atomic mass is 10.1. The highest BCUT2D eigenvalue weighted by atomic mass is 16.5. The van der Waals surface area contributed by atoms with E-state index in [1.54, 1.807) is 18.5 Å². The Morgan fingerprint density at radius 1 is 1.12 bits per heavy atom. The summed E-state index contributed by atoms with van der Waals surface area (Å²) in [5.74, 6) is 2.61. The number of hydrogen-bond donors (Lipinski definition) is 1. The molecule has 3 aromatic rings. The van der Waals surface area contributed by atoms with E-state index < -0.39 is 0 Å². The van der Waals surface area contributed by atoms with Crippen molar-refractivity contribution < 1.29 is 8.94 Å². The third-order valence-corrected chi connectivity index (χ3v) is 4.21. The number of hydrogen-bond acceptors (Lipinski definition) is 7. The van der Waals surface area contributed by atoms with Gasteiger partial charge >= 0.3 is 0 Å². The fourth-order valence-electron chi connectivity index (χ4n) is 2.89. The van der Waals surface area contributed by atoms with E-state index in [0.717, 1.165) is 30.0 Å². The Kier molecular flexibility index (Phi) is 4.00. The minimum absolute atomic E-state index is 0.336. The van der Waals surface area contributed by atoms with Gasteiger partial charge in [-0.25, -0.2) is 4.98 Å². The minimum Gasteiger partial charge on any atom is -0.467 e. The smallest absolute Gasteiger partial charge is 0.261 e. The molecular weight excluding hydrogens is 306 g/mol. The van der Waals surface area contributed by atoms with E-state index >= 15 is 0 Å². The number of pyridine rings is 1. The van der Waals surface area contributed by atoms with Gasteiger partial charge < -0.3 is 19.6 Å². The average molecular weight is 325 g/mol. The van der Waals surface area contributed by atoms with Crippen molar-refractivity contribution in [2.24, 2.45) is 5.73 Å². The lowest BCUT2D eigenvalue weighted by Crippen LogP contribution is -2.29. The Labute approximate surface area is 139 Å². The minimum atomic E-state index is 0.336. The van der Waals surface area contributed by atoms with Gasteiger partial charge in [0, 0.05) is 24.8 Å². The summed E-state index contributed by atoms with van der Waals surface area (Å²) in [6.07, 6.45) is 7.12. The first-order valence-corrected chi connectivity index (χ1v) is 8.16. The molecule has 124 valence electrons. The molecule has 4 heterocycles. The molecule has 0 atom stereocenters. The molecular formula is C17H19N5O2. The summed E-state index contributed by atoms with van der Waals surface area (Å²) in [5, 5.41) is 4.03. The highest BCUT2D eigenvalue weighted by molar-refractivity contribution is 5.60. The summed E-state index contributed by atoms with van der Waals surface area (Å²) >= 11 is 0. The van der Waals surface area contributed by atoms with Gasteiger partial charge in [0.1, 0.15) is 17.8 Å². The Bertz CT molecular complexity index is 803. The first-order valence-electron chi connectivity index (χ1n) is 8.16. The molecule has 2 N–H and O–H groups in total. The van der Waals surface area contributed by atoms with Crippen LogP contribution < -0.4 is 10.6 Å². The third-order valence-electron chi connectivity index (χ3n) is 4.21. The van der Waals surface area contributed by atoms with E-state index in [9.17, 15) is 0 Å². The topological polar surface area (TPSA) is 94.2 Å². The van der Waals surface area contributed by atoms with E-state index in [-0.39, 0.29) is 0 Å². The van der Waals surface area contributed by atoms with Crippen molar-refractivity contribution in [2.45, 2.75) is 25.8 Å². The number of aromatic nitrogens is 3. The van der Waals surface area contributed by atoms with Gasteiger partial charge in [-0.3, -0.25) is 0 Å². The van der Waals surface area contributed by atoms with Gasteiger partial charge in [-0.2, -0.15) is 4.98 Å². The summed E-state index contributed by atoms with van der Waals surface area (Å²) in [7, 11) is 0. The Hall–Kier alpha value is -2.67.